The lowest BCUT2D eigenvalue weighted by atomic mass is 9.78. The number of benzene rings is 2. The van der Waals surface area contributed by atoms with E-state index in [-0.39, 0.29) is 11.2 Å². The van der Waals surface area contributed by atoms with E-state index in [2.05, 4.69) is 0 Å². The highest BCUT2D eigenvalue weighted by Crippen LogP contribution is 2.36. The Morgan fingerprint density at radius 2 is 1.39 bits per heavy atom. The smallest absolute Gasteiger partial charge is 0.399 e. The average molecular weight is 310 g/mol. The van der Waals surface area contributed by atoms with Crippen LogP contribution in [0.5, 0.6) is 0 Å². The molecule has 1 saturated heterocycles. The Hall–Kier alpha value is -1.62. The molecule has 1 fully saturated rings. The van der Waals surface area contributed by atoms with Crippen LogP contribution in [0.3, 0.4) is 0 Å². The Labute approximate surface area is 138 Å². The van der Waals surface area contributed by atoms with Crippen LogP contribution in [0.1, 0.15) is 44.9 Å². The molecule has 0 aromatic heterocycles. The number of hydrogen-bond acceptors (Lipinski definition) is 3. The third kappa shape index (κ3) is 3.07. The molecule has 0 radical (unpaired) electrons. The Morgan fingerprint density at radius 1 is 0.826 bits per heavy atom. The van der Waals surface area contributed by atoms with Crippen LogP contribution in [0.4, 0.5) is 0 Å². The molecule has 0 spiro atoms. The molecule has 2 aromatic rings. The summed E-state index contributed by atoms with van der Waals surface area (Å²) in [6, 6.07) is 17.4. The quantitative estimate of drug-likeness (QED) is 0.886. The normalized spacial score (nSPS) is 20.5. The zero-order valence-corrected chi connectivity index (χ0v) is 14.1. The van der Waals surface area contributed by atoms with Crippen LogP contribution in [0, 0.1) is 0 Å². The molecule has 1 atom stereocenters. The molecule has 2 aromatic carbocycles. The van der Waals surface area contributed by atoms with Crippen LogP contribution >= 0.6 is 0 Å². The van der Waals surface area contributed by atoms with Crippen molar-refractivity contribution >= 4 is 12.6 Å². The van der Waals surface area contributed by atoms with E-state index in [4.69, 9.17) is 9.31 Å². The van der Waals surface area contributed by atoms with Gasteiger partial charge in [-0.05, 0) is 44.3 Å². The SMILES string of the molecule is CC1(C)OB(c2cccc([C@H](O)c3ccccc3)c2)OC1(C)C. The molecule has 1 aliphatic rings. The van der Waals surface area contributed by atoms with Crippen molar-refractivity contribution in [3.8, 4) is 0 Å². The van der Waals surface area contributed by atoms with E-state index in [0.717, 1.165) is 16.6 Å². The van der Waals surface area contributed by atoms with Crippen LogP contribution in [0.15, 0.2) is 54.6 Å². The minimum atomic E-state index is -0.654. The number of rotatable bonds is 3. The molecule has 1 aliphatic heterocycles. The van der Waals surface area contributed by atoms with Crippen molar-refractivity contribution in [1.82, 2.24) is 0 Å². The first-order chi connectivity index (χ1) is 10.8. The first kappa shape index (κ1) is 16.3. The molecule has 0 saturated carbocycles. The molecule has 1 heterocycles. The minimum absolute atomic E-state index is 0.369. The number of aliphatic hydroxyl groups is 1. The summed E-state index contributed by atoms with van der Waals surface area (Å²) in [4.78, 5) is 0. The van der Waals surface area contributed by atoms with E-state index in [1.807, 2.05) is 82.3 Å². The maximum atomic E-state index is 10.6. The van der Waals surface area contributed by atoms with E-state index in [1.54, 1.807) is 0 Å². The summed E-state index contributed by atoms with van der Waals surface area (Å²) in [7, 11) is -0.414. The first-order valence-electron chi connectivity index (χ1n) is 7.99. The summed E-state index contributed by atoms with van der Waals surface area (Å²) in [5.41, 5.74) is 1.90. The Morgan fingerprint density at radius 3 is 2.00 bits per heavy atom. The monoisotopic (exact) mass is 310 g/mol. The molecule has 0 aliphatic carbocycles. The topological polar surface area (TPSA) is 38.7 Å². The first-order valence-corrected chi connectivity index (χ1v) is 7.99. The molecular weight excluding hydrogens is 287 g/mol. The van der Waals surface area contributed by atoms with Crippen LogP contribution in [-0.2, 0) is 9.31 Å². The molecule has 0 unspecified atom stereocenters. The summed E-state index contributed by atoms with van der Waals surface area (Å²) in [5.74, 6) is 0. The third-order valence-electron chi connectivity index (χ3n) is 4.87. The van der Waals surface area contributed by atoms with Gasteiger partial charge in [0.05, 0.1) is 11.2 Å². The highest BCUT2D eigenvalue weighted by Gasteiger charge is 2.51. The Balaban J connectivity index is 1.87. The zero-order chi connectivity index (χ0) is 16.7. The van der Waals surface area contributed by atoms with Gasteiger partial charge in [-0.1, -0.05) is 54.6 Å². The Bertz CT molecular complexity index is 666. The number of aliphatic hydroxyl groups excluding tert-OH is 1. The van der Waals surface area contributed by atoms with Gasteiger partial charge >= 0.3 is 7.12 Å². The summed E-state index contributed by atoms with van der Waals surface area (Å²) >= 11 is 0. The van der Waals surface area contributed by atoms with Gasteiger partial charge in [0.1, 0.15) is 6.10 Å². The van der Waals surface area contributed by atoms with Crippen molar-refractivity contribution in [2.45, 2.75) is 45.0 Å². The standard InChI is InChI=1S/C19H23BO3/c1-18(2)19(3,4)23-20(22-18)16-12-8-11-15(13-16)17(21)14-9-6-5-7-10-14/h5-13,17,21H,1-4H3/t17-/m1/s1. The fraction of sp³-hybridized carbons (Fsp3) is 0.368. The van der Waals surface area contributed by atoms with Gasteiger partial charge in [0.15, 0.2) is 0 Å². The van der Waals surface area contributed by atoms with E-state index >= 15 is 0 Å². The second kappa shape index (κ2) is 5.79. The van der Waals surface area contributed by atoms with Crippen molar-refractivity contribution in [1.29, 1.82) is 0 Å². The minimum Gasteiger partial charge on any atom is -0.399 e. The van der Waals surface area contributed by atoms with Crippen molar-refractivity contribution in [3.05, 3.63) is 65.7 Å². The lowest BCUT2D eigenvalue weighted by Crippen LogP contribution is -2.41. The number of hydrogen-bond donors (Lipinski definition) is 1. The van der Waals surface area contributed by atoms with E-state index in [1.165, 1.54) is 0 Å². The second-order valence-corrected chi connectivity index (χ2v) is 7.07. The van der Waals surface area contributed by atoms with Crippen LogP contribution < -0.4 is 5.46 Å². The van der Waals surface area contributed by atoms with Crippen LogP contribution in [0.25, 0.3) is 0 Å². The maximum absolute atomic E-state index is 10.6. The van der Waals surface area contributed by atoms with Crippen LogP contribution in [-0.4, -0.2) is 23.4 Å². The Kier molecular flexibility index (Phi) is 4.09. The van der Waals surface area contributed by atoms with Gasteiger partial charge in [-0.15, -0.1) is 0 Å². The summed E-state index contributed by atoms with van der Waals surface area (Å²) in [6.45, 7) is 8.15. The van der Waals surface area contributed by atoms with Crippen molar-refractivity contribution < 1.29 is 14.4 Å². The second-order valence-electron chi connectivity index (χ2n) is 7.07. The van der Waals surface area contributed by atoms with Gasteiger partial charge in [0.2, 0.25) is 0 Å². The molecule has 0 amide bonds. The molecule has 1 N–H and O–H groups in total. The van der Waals surface area contributed by atoms with Crippen LogP contribution in [0.2, 0.25) is 0 Å². The predicted octanol–water partition coefficient (Wildman–Crippen LogP) is 3.07. The van der Waals surface area contributed by atoms with Gasteiger partial charge in [-0.2, -0.15) is 0 Å². The van der Waals surface area contributed by atoms with Gasteiger partial charge < -0.3 is 14.4 Å². The highest BCUT2D eigenvalue weighted by atomic mass is 16.7. The zero-order valence-electron chi connectivity index (χ0n) is 14.1. The van der Waals surface area contributed by atoms with E-state index < -0.39 is 13.2 Å². The molecule has 3 nitrogen and oxygen atoms in total. The third-order valence-corrected chi connectivity index (χ3v) is 4.87. The highest BCUT2D eigenvalue weighted by molar-refractivity contribution is 6.62. The van der Waals surface area contributed by atoms with E-state index in [9.17, 15) is 5.11 Å². The van der Waals surface area contributed by atoms with Gasteiger partial charge in [-0.25, -0.2) is 0 Å². The van der Waals surface area contributed by atoms with Gasteiger partial charge in [0, 0.05) is 0 Å². The lowest BCUT2D eigenvalue weighted by Gasteiger charge is -2.32. The molecular formula is C19H23BO3. The summed E-state index contributed by atoms with van der Waals surface area (Å²) in [5, 5.41) is 10.6. The fourth-order valence-corrected chi connectivity index (χ4v) is 2.68. The van der Waals surface area contributed by atoms with Gasteiger partial charge in [0.25, 0.3) is 0 Å². The van der Waals surface area contributed by atoms with Crippen molar-refractivity contribution in [2.24, 2.45) is 0 Å². The molecule has 0 bridgehead atoms. The van der Waals surface area contributed by atoms with Gasteiger partial charge in [-0.3, -0.25) is 0 Å². The summed E-state index contributed by atoms with van der Waals surface area (Å²) in [6.07, 6.45) is -0.654. The molecule has 3 rings (SSSR count). The summed E-state index contributed by atoms with van der Waals surface area (Å²) < 4.78 is 12.2. The lowest BCUT2D eigenvalue weighted by molar-refractivity contribution is 0.00578. The van der Waals surface area contributed by atoms with E-state index in [0.29, 0.717) is 0 Å². The largest absolute Gasteiger partial charge is 0.494 e. The fourth-order valence-electron chi connectivity index (χ4n) is 2.68. The molecule has 4 heteroatoms. The average Bonchev–Trinajstić information content (AvgIpc) is 2.76. The maximum Gasteiger partial charge on any atom is 0.494 e. The van der Waals surface area contributed by atoms with Crippen molar-refractivity contribution in [2.75, 3.05) is 0 Å². The van der Waals surface area contributed by atoms with Crippen molar-refractivity contribution in [3.63, 3.8) is 0 Å². The molecule has 120 valence electrons. The predicted molar refractivity (Wildman–Crippen MR) is 92.7 cm³/mol. The molecule has 23 heavy (non-hydrogen) atoms.